The van der Waals surface area contributed by atoms with Crippen LogP contribution in [0.2, 0.25) is 0 Å². The lowest BCUT2D eigenvalue weighted by Gasteiger charge is -2.11. The Morgan fingerprint density at radius 1 is 1.50 bits per heavy atom. The molecule has 1 aromatic carbocycles. The van der Waals surface area contributed by atoms with Gasteiger partial charge in [0, 0.05) is 5.92 Å². The third-order valence-electron chi connectivity index (χ3n) is 2.11. The van der Waals surface area contributed by atoms with E-state index in [1.54, 1.807) is 12.1 Å². The van der Waals surface area contributed by atoms with Gasteiger partial charge in [-0.25, -0.2) is 4.39 Å². The molecule has 0 spiro atoms. The van der Waals surface area contributed by atoms with Gasteiger partial charge in [0.05, 0.1) is 4.86 Å². The van der Waals surface area contributed by atoms with Crippen LogP contribution in [-0.4, -0.2) is 4.86 Å². The molecule has 0 aliphatic carbocycles. The molecule has 0 bridgehead atoms. The number of halogens is 1. The molecule has 0 fully saturated rings. The van der Waals surface area contributed by atoms with Crippen LogP contribution in [0.15, 0.2) is 24.3 Å². The molecule has 14 heavy (non-hydrogen) atoms. The molecule has 1 unspecified atom stereocenters. The van der Waals surface area contributed by atoms with Gasteiger partial charge in [-0.05, 0) is 24.1 Å². The minimum Gasteiger partial charge on any atom is -0.207 e. The van der Waals surface area contributed by atoms with Crippen LogP contribution in [0.25, 0.3) is 0 Å². The Hall–Kier alpha value is -1.27. The molecule has 0 aliphatic heterocycles. The van der Waals surface area contributed by atoms with Crippen LogP contribution in [0, 0.1) is 17.1 Å². The van der Waals surface area contributed by atoms with Gasteiger partial charge in [0.1, 0.15) is 11.9 Å². The summed E-state index contributed by atoms with van der Waals surface area (Å²) in [7, 11) is 0. The third-order valence-corrected chi connectivity index (χ3v) is 2.48. The smallest absolute Gasteiger partial charge is 0.123 e. The molecule has 0 saturated heterocycles. The molecule has 0 heterocycles. The first kappa shape index (κ1) is 10.8. The molecule has 0 aromatic heterocycles. The Kier molecular flexibility index (Phi) is 3.73. The van der Waals surface area contributed by atoms with Gasteiger partial charge in [0.25, 0.3) is 0 Å². The Bertz CT molecular complexity index is 364. The van der Waals surface area contributed by atoms with Crippen molar-refractivity contribution in [3.05, 3.63) is 35.6 Å². The van der Waals surface area contributed by atoms with Crippen LogP contribution >= 0.6 is 12.2 Å². The van der Waals surface area contributed by atoms with Crippen molar-refractivity contribution in [3.63, 3.8) is 0 Å². The van der Waals surface area contributed by atoms with E-state index < -0.39 is 0 Å². The van der Waals surface area contributed by atoms with Crippen molar-refractivity contribution in [2.45, 2.75) is 19.3 Å². The van der Waals surface area contributed by atoms with Gasteiger partial charge in [-0.3, -0.25) is 0 Å². The van der Waals surface area contributed by atoms with Crippen LogP contribution in [0.4, 0.5) is 4.39 Å². The lowest BCUT2D eigenvalue weighted by molar-refractivity contribution is 0.626. The zero-order valence-corrected chi connectivity index (χ0v) is 8.64. The van der Waals surface area contributed by atoms with E-state index in [1.165, 1.54) is 12.1 Å². The first-order valence-corrected chi connectivity index (χ1v) is 4.79. The molecular weight excluding hydrogens is 197 g/mol. The van der Waals surface area contributed by atoms with Gasteiger partial charge in [-0.1, -0.05) is 31.3 Å². The van der Waals surface area contributed by atoms with E-state index in [4.69, 9.17) is 17.5 Å². The van der Waals surface area contributed by atoms with Crippen molar-refractivity contribution >= 4 is 17.1 Å². The minimum atomic E-state index is -0.272. The number of rotatable bonds is 3. The largest absolute Gasteiger partial charge is 0.207 e. The van der Waals surface area contributed by atoms with Crippen molar-refractivity contribution < 1.29 is 4.39 Å². The van der Waals surface area contributed by atoms with E-state index in [0.29, 0.717) is 4.86 Å². The number of nitriles is 1. The second-order valence-corrected chi connectivity index (χ2v) is 3.43. The van der Waals surface area contributed by atoms with Gasteiger partial charge in [-0.2, -0.15) is 5.26 Å². The molecule has 0 amide bonds. The summed E-state index contributed by atoms with van der Waals surface area (Å²) in [5.41, 5.74) is 0.903. The standard InChI is InChI=1S/C11H10FNS/c1-2-10(11(14)7-13)8-3-5-9(12)6-4-8/h3-6,10H,2H2,1H3. The summed E-state index contributed by atoms with van der Waals surface area (Å²) in [6, 6.07) is 8.09. The molecular formula is C11H10FNS. The van der Waals surface area contributed by atoms with Crippen molar-refractivity contribution in [1.29, 1.82) is 5.26 Å². The monoisotopic (exact) mass is 207 g/mol. The van der Waals surface area contributed by atoms with Crippen LogP contribution in [0.1, 0.15) is 24.8 Å². The SMILES string of the molecule is CCC(C(=S)C#N)c1ccc(F)cc1. The summed E-state index contributed by atoms with van der Waals surface area (Å²) in [5, 5.41) is 8.69. The maximum absolute atomic E-state index is 12.6. The number of thiocarbonyl (C=S) groups is 1. The van der Waals surface area contributed by atoms with E-state index in [9.17, 15) is 4.39 Å². The first-order valence-electron chi connectivity index (χ1n) is 4.38. The zero-order chi connectivity index (χ0) is 10.6. The van der Waals surface area contributed by atoms with E-state index in [-0.39, 0.29) is 11.7 Å². The predicted octanol–water partition coefficient (Wildman–Crippen LogP) is 3.21. The maximum atomic E-state index is 12.6. The van der Waals surface area contributed by atoms with Gasteiger partial charge >= 0.3 is 0 Å². The van der Waals surface area contributed by atoms with E-state index in [1.807, 2.05) is 13.0 Å². The van der Waals surface area contributed by atoms with Gasteiger partial charge < -0.3 is 0 Å². The second-order valence-electron chi connectivity index (χ2n) is 2.99. The van der Waals surface area contributed by atoms with Gasteiger partial charge in [-0.15, -0.1) is 0 Å². The number of hydrogen-bond acceptors (Lipinski definition) is 2. The summed E-state index contributed by atoms with van der Waals surface area (Å²) in [5.74, 6) is -0.331. The van der Waals surface area contributed by atoms with Gasteiger partial charge in [0.2, 0.25) is 0 Å². The quantitative estimate of drug-likeness (QED) is 0.710. The van der Waals surface area contributed by atoms with E-state index >= 15 is 0 Å². The Morgan fingerprint density at radius 3 is 2.50 bits per heavy atom. The Labute approximate surface area is 88.2 Å². The summed E-state index contributed by atoms with van der Waals surface area (Å²) < 4.78 is 12.6. The first-order chi connectivity index (χ1) is 6.69. The Balaban J connectivity index is 2.97. The summed E-state index contributed by atoms with van der Waals surface area (Å²) in [6.07, 6.45) is 0.762. The van der Waals surface area contributed by atoms with Crippen LogP contribution in [-0.2, 0) is 0 Å². The highest BCUT2D eigenvalue weighted by atomic mass is 32.1. The normalized spacial score (nSPS) is 11.8. The van der Waals surface area contributed by atoms with Crippen molar-refractivity contribution in [2.24, 2.45) is 0 Å². The number of nitrogens with zero attached hydrogens (tertiary/aromatic N) is 1. The fourth-order valence-corrected chi connectivity index (χ4v) is 1.65. The molecule has 0 radical (unpaired) electrons. The highest BCUT2D eigenvalue weighted by Crippen LogP contribution is 2.21. The zero-order valence-electron chi connectivity index (χ0n) is 7.83. The van der Waals surface area contributed by atoms with Crippen LogP contribution in [0.3, 0.4) is 0 Å². The van der Waals surface area contributed by atoms with E-state index in [0.717, 1.165) is 12.0 Å². The topological polar surface area (TPSA) is 23.8 Å². The lowest BCUT2D eigenvalue weighted by Crippen LogP contribution is -2.07. The molecule has 0 N–H and O–H groups in total. The van der Waals surface area contributed by atoms with E-state index in [2.05, 4.69) is 0 Å². The molecule has 1 rings (SSSR count). The highest BCUT2D eigenvalue weighted by Gasteiger charge is 2.14. The maximum Gasteiger partial charge on any atom is 0.123 e. The number of benzene rings is 1. The molecule has 1 nitrogen and oxygen atoms in total. The van der Waals surface area contributed by atoms with Crippen molar-refractivity contribution in [2.75, 3.05) is 0 Å². The summed E-state index contributed by atoms with van der Waals surface area (Å²) in [4.78, 5) is 0.360. The molecule has 3 heteroatoms. The highest BCUT2D eigenvalue weighted by molar-refractivity contribution is 7.81. The predicted molar refractivity (Wildman–Crippen MR) is 57.6 cm³/mol. The second kappa shape index (κ2) is 4.83. The molecule has 1 atom stereocenters. The lowest BCUT2D eigenvalue weighted by atomic mass is 9.94. The van der Waals surface area contributed by atoms with Crippen molar-refractivity contribution in [3.8, 4) is 6.07 Å². The minimum absolute atomic E-state index is 0.0596. The number of hydrogen-bond donors (Lipinski definition) is 0. The molecule has 0 aliphatic rings. The molecule has 1 aromatic rings. The summed E-state index contributed by atoms with van der Waals surface area (Å²) in [6.45, 7) is 1.96. The molecule has 0 saturated carbocycles. The van der Waals surface area contributed by atoms with Gasteiger partial charge in [0.15, 0.2) is 0 Å². The third kappa shape index (κ3) is 2.36. The Morgan fingerprint density at radius 2 is 2.07 bits per heavy atom. The van der Waals surface area contributed by atoms with Crippen LogP contribution in [0.5, 0.6) is 0 Å². The average molecular weight is 207 g/mol. The fraction of sp³-hybridized carbons (Fsp3) is 0.273. The fourth-order valence-electron chi connectivity index (χ4n) is 1.35. The molecule has 72 valence electrons. The summed E-state index contributed by atoms with van der Waals surface area (Å²) >= 11 is 4.94. The van der Waals surface area contributed by atoms with Crippen LogP contribution < -0.4 is 0 Å². The van der Waals surface area contributed by atoms with Crippen molar-refractivity contribution in [1.82, 2.24) is 0 Å². The average Bonchev–Trinajstić information content (AvgIpc) is 2.21.